The molecule has 2 aromatic heterocycles. The van der Waals surface area contributed by atoms with Crippen molar-refractivity contribution >= 4 is 22.8 Å². The highest BCUT2D eigenvalue weighted by Crippen LogP contribution is 2.26. The lowest BCUT2D eigenvalue weighted by Crippen LogP contribution is -2.37. The van der Waals surface area contributed by atoms with Gasteiger partial charge in [0.05, 0.1) is 5.02 Å². The summed E-state index contributed by atoms with van der Waals surface area (Å²) in [5.74, 6) is 0.864. The Balaban J connectivity index is 2.23. The summed E-state index contributed by atoms with van der Waals surface area (Å²) in [6.07, 6.45) is 1.64. The fourth-order valence-electron chi connectivity index (χ4n) is 2.47. The van der Waals surface area contributed by atoms with Gasteiger partial charge in [-0.25, -0.2) is 9.97 Å². The van der Waals surface area contributed by atoms with Gasteiger partial charge in [-0.05, 0) is 26.8 Å². The zero-order valence-corrected chi connectivity index (χ0v) is 13.7. The molecule has 0 unspecified atom stereocenters. The molecule has 0 radical (unpaired) electrons. The van der Waals surface area contributed by atoms with E-state index < -0.39 is 0 Å². The first-order valence-corrected chi connectivity index (χ1v) is 7.59. The molecule has 3 aromatic rings. The van der Waals surface area contributed by atoms with Gasteiger partial charge in [0.15, 0.2) is 5.65 Å². The second kappa shape index (κ2) is 5.38. The minimum Gasteiger partial charge on any atom is -0.324 e. The zero-order valence-electron chi connectivity index (χ0n) is 13.0. The fourth-order valence-corrected chi connectivity index (χ4v) is 2.62. The molecular weight excluding hydrogens is 296 g/mol. The summed E-state index contributed by atoms with van der Waals surface area (Å²) in [7, 11) is 0. The Kier molecular flexibility index (Phi) is 3.67. The van der Waals surface area contributed by atoms with Crippen molar-refractivity contribution in [3.05, 3.63) is 47.1 Å². The SMILES string of the molecule is Cc1ccc(-c2nc3cc(Cl)cnc3n2CC(C)(C)N)cc1. The first kappa shape index (κ1) is 15.0. The van der Waals surface area contributed by atoms with Crippen molar-refractivity contribution in [3.8, 4) is 11.4 Å². The molecule has 22 heavy (non-hydrogen) atoms. The summed E-state index contributed by atoms with van der Waals surface area (Å²) in [5.41, 5.74) is 9.70. The standard InChI is InChI=1S/C17H19ClN4/c1-11-4-6-12(7-5-11)15-21-14-8-13(18)9-20-16(14)22(15)10-17(2,3)19/h4-9H,10,19H2,1-3H3. The number of fused-ring (bicyclic) bond motifs is 1. The van der Waals surface area contributed by atoms with Gasteiger partial charge in [-0.1, -0.05) is 41.4 Å². The van der Waals surface area contributed by atoms with Crippen molar-refractivity contribution in [2.24, 2.45) is 5.73 Å². The van der Waals surface area contributed by atoms with E-state index in [-0.39, 0.29) is 5.54 Å². The second-order valence-corrected chi connectivity index (χ2v) is 6.81. The van der Waals surface area contributed by atoms with E-state index in [1.54, 1.807) is 6.20 Å². The van der Waals surface area contributed by atoms with Gasteiger partial charge in [-0.15, -0.1) is 0 Å². The van der Waals surface area contributed by atoms with Gasteiger partial charge >= 0.3 is 0 Å². The number of halogens is 1. The number of nitrogens with zero attached hydrogens (tertiary/aromatic N) is 3. The first-order valence-electron chi connectivity index (χ1n) is 7.21. The lowest BCUT2D eigenvalue weighted by Gasteiger charge is -2.21. The van der Waals surface area contributed by atoms with Crippen molar-refractivity contribution in [2.45, 2.75) is 32.9 Å². The normalized spacial score (nSPS) is 12.0. The van der Waals surface area contributed by atoms with Crippen LogP contribution in [0.2, 0.25) is 5.02 Å². The zero-order chi connectivity index (χ0) is 15.9. The largest absolute Gasteiger partial charge is 0.324 e. The molecule has 2 N–H and O–H groups in total. The monoisotopic (exact) mass is 314 g/mol. The van der Waals surface area contributed by atoms with E-state index in [0.29, 0.717) is 11.6 Å². The molecule has 0 amide bonds. The smallest absolute Gasteiger partial charge is 0.160 e. The second-order valence-electron chi connectivity index (χ2n) is 6.37. The number of pyridine rings is 1. The number of aromatic nitrogens is 3. The van der Waals surface area contributed by atoms with Gasteiger partial charge in [0.1, 0.15) is 11.3 Å². The highest BCUT2D eigenvalue weighted by Gasteiger charge is 2.19. The summed E-state index contributed by atoms with van der Waals surface area (Å²) >= 11 is 6.04. The summed E-state index contributed by atoms with van der Waals surface area (Å²) < 4.78 is 2.07. The van der Waals surface area contributed by atoms with E-state index in [1.807, 2.05) is 19.9 Å². The Morgan fingerprint density at radius 2 is 1.91 bits per heavy atom. The van der Waals surface area contributed by atoms with E-state index in [2.05, 4.69) is 40.7 Å². The van der Waals surface area contributed by atoms with Crippen LogP contribution in [0.15, 0.2) is 36.5 Å². The average Bonchev–Trinajstić information content (AvgIpc) is 2.75. The quantitative estimate of drug-likeness (QED) is 0.800. The minimum absolute atomic E-state index is 0.367. The van der Waals surface area contributed by atoms with Crippen LogP contribution in [0.1, 0.15) is 19.4 Å². The minimum atomic E-state index is -0.367. The van der Waals surface area contributed by atoms with Gasteiger partial charge in [-0.2, -0.15) is 0 Å². The van der Waals surface area contributed by atoms with Crippen LogP contribution in [-0.2, 0) is 6.54 Å². The number of nitrogens with two attached hydrogens (primary N) is 1. The Labute approximate surface area is 134 Å². The third-order valence-corrected chi connectivity index (χ3v) is 3.63. The maximum Gasteiger partial charge on any atom is 0.160 e. The number of rotatable bonds is 3. The number of hydrogen-bond acceptors (Lipinski definition) is 3. The number of hydrogen-bond donors (Lipinski definition) is 1. The Morgan fingerprint density at radius 1 is 1.23 bits per heavy atom. The summed E-state index contributed by atoms with van der Waals surface area (Å²) in [6.45, 7) is 6.68. The fraction of sp³-hybridized carbons (Fsp3) is 0.294. The van der Waals surface area contributed by atoms with Crippen molar-refractivity contribution in [1.29, 1.82) is 0 Å². The molecule has 2 heterocycles. The predicted molar refractivity (Wildman–Crippen MR) is 91.0 cm³/mol. The summed E-state index contributed by atoms with van der Waals surface area (Å²) in [4.78, 5) is 9.16. The van der Waals surface area contributed by atoms with E-state index >= 15 is 0 Å². The van der Waals surface area contributed by atoms with E-state index in [0.717, 1.165) is 22.6 Å². The molecule has 0 spiro atoms. The van der Waals surface area contributed by atoms with Crippen LogP contribution in [-0.4, -0.2) is 20.1 Å². The Bertz CT molecular complexity index is 813. The topological polar surface area (TPSA) is 56.7 Å². The maximum absolute atomic E-state index is 6.22. The van der Waals surface area contributed by atoms with Crippen LogP contribution < -0.4 is 5.73 Å². The van der Waals surface area contributed by atoms with Gasteiger partial charge in [-0.3, -0.25) is 0 Å². The third kappa shape index (κ3) is 2.98. The molecule has 1 aromatic carbocycles. The Morgan fingerprint density at radius 3 is 2.55 bits per heavy atom. The molecule has 0 aliphatic heterocycles. The van der Waals surface area contributed by atoms with Crippen LogP contribution in [0, 0.1) is 6.92 Å². The highest BCUT2D eigenvalue weighted by molar-refractivity contribution is 6.31. The lowest BCUT2D eigenvalue weighted by atomic mass is 10.1. The summed E-state index contributed by atoms with van der Waals surface area (Å²) in [5, 5.41) is 0.583. The average molecular weight is 315 g/mol. The highest BCUT2D eigenvalue weighted by atomic mass is 35.5. The van der Waals surface area contributed by atoms with Gasteiger partial charge in [0, 0.05) is 23.8 Å². The number of aryl methyl sites for hydroxylation is 1. The molecular formula is C17H19ClN4. The van der Waals surface area contributed by atoms with E-state index in [9.17, 15) is 0 Å². The van der Waals surface area contributed by atoms with Gasteiger partial charge < -0.3 is 10.3 Å². The molecule has 0 bridgehead atoms. The van der Waals surface area contributed by atoms with Crippen LogP contribution in [0.25, 0.3) is 22.6 Å². The molecule has 0 saturated carbocycles. The number of benzene rings is 1. The van der Waals surface area contributed by atoms with E-state index in [1.165, 1.54) is 5.56 Å². The molecule has 0 aliphatic rings. The molecule has 0 saturated heterocycles. The predicted octanol–water partition coefficient (Wildman–Crippen LogP) is 3.80. The van der Waals surface area contributed by atoms with Crippen LogP contribution in [0.5, 0.6) is 0 Å². The first-order chi connectivity index (χ1) is 10.3. The number of imidazole rings is 1. The molecule has 5 heteroatoms. The van der Waals surface area contributed by atoms with Crippen molar-refractivity contribution in [2.75, 3.05) is 0 Å². The van der Waals surface area contributed by atoms with Crippen molar-refractivity contribution in [1.82, 2.24) is 14.5 Å². The van der Waals surface area contributed by atoms with Gasteiger partial charge in [0.25, 0.3) is 0 Å². The van der Waals surface area contributed by atoms with E-state index in [4.69, 9.17) is 22.3 Å². The maximum atomic E-state index is 6.22. The lowest BCUT2D eigenvalue weighted by molar-refractivity contribution is 0.441. The third-order valence-electron chi connectivity index (χ3n) is 3.43. The molecule has 0 aliphatic carbocycles. The molecule has 114 valence electrons. The molecule has 4 nitrogen and oxygen atoms in total. The Hall–Kier alpha value is -1.91. The summed E-state index contributed by atoms with van der Waals surface area (Å²) in [6, 6.07) is 10.1. The van der Waals surface area contributed by atoms with Gasteiger partial charge in [0.2, 0.25) is 0 Å². The molecule has 3 rings (SSSR count). The molecule has 0 fully saturated rings. The van der Waals surface area contributed by atoms with Crippen LogP contribution in [0.3, 0.4) is 0 Å². The van der Waals surface area contributed by atoms with Crippen LogP contribution >= 0.6 is 11.6 Å². The van der Waals surface area contributed by atoms with Crippen molar-refractivity contribution < 1.29 is 0 Å². The molecule has 0 atom stereocenters. The van der Waals surface area contributed by atoms with Crippen molar-refractivity contribution in [3.63, 3.8) is 0 Å². The van der Waals surface area contributed by atoms with Crippen LogP contribution in [0.4, 0.5) is 0 Å².